The van der Waals surface area contributed by atoms with Crippen molar-refractivity contribution in [2.24, 2.45) is 29.1 Å². The lowest BCUT2D eigenvalue weighted by atomic mass is 9.61. The van der Waals surface area contributed by atoms with Crippen LogP contribution in [0.4, 0.5) is 0 Å². The molecule has 2 nitrogen and oxygen atoms in total. The Hall–Kier alpha value is -0.320. The molecular formula is C20H31IO2. The highest BCUT2D eigenvalue weighted by Gasteiger charge is 2.50. The van der Waals surface area contributed by atoms with Crippen LogP contribution in [0, 0.1) is 29.1 Å². The number of carboxylic acids is 1. The van der Waals surface area contributed by atoms with E-state index in [9.17, 15) is 4.79 Å². The monoisotopic (exact) mass is 430 g/mol. The third-order valence-corrected chi connectivity index (χ3v) is 7.59. The molecule has 0 aliphatic heterocycles. The number of carbonyl (C=O) groups is 1. The van der Waals surface area contributed by atoms with E-state index >= 15 is 0 Å². The average Bonchev–Trinajstić information content (AvgIpc) is 2.88. The molecule has 2 rings (SSSR count). The maximum atomic E-state index is 11.0. The van der Waals surface area contributed by atoms with Crippen LogP contribution in [-0.4, -0.2) is 11.1 Å². The molecule has 23 heavy (non-hydrogen) atoms. The third kappa shape index (κ3) is 3.85. The number of hydrogen-bond acceptors (Lipinski definition) is 1. The van der Waals surface area contributed by atoms with Crippen LogP contribution >= 0.6 is 22.6 Å². The van der Waals surface area contributed by atoms with Crippen molar-refractivity contribution in [3.8, 4) is 0 Å². The number of allylic oxidation sites excluding steroid dienone is 1. The standard InChI is InChI=1S/C20H31IO2/c1-13(15(3)19(22)23)7-8-14(2)17-9-10-18-16(12-21)6-5-11-20(17,18)4/h12-14,17-18H,3,5-11H2,1-2,4H3,(H,22,23)/b16-12+/t13-,14+,17+,18?,20+/m0/s1. The molecule has 2 fully saturated rings. The van der Waals surface area contributed by atoms with E-state index in [2.05, 4.69) is 47.1 Å². The third-order valence-electron chi connectivity index (χ3n) is 6.79. The number of halogens is 1. The first-order valence-electron chi connectivity index (χ1n) is 9.02. The van der Waals surface area contributed by atoms with E-state index in [1.165, 1.54) is 32.1 Å². The number of fused-ring (bicyclic) bond motifs is 1. The summed E-state index contributed by atoms with van der Waals surface area (Å²) < 4.78 is 2.34. The molecule has 2 aliphatic rings. The fourth-order valence-corrected chi connectivity index (χ4v) is 5.99. The van der Waals surface area contributed by atoms with Gasteiger partial charge in [-0.05, 0) is 78.1 Å². The Kier molecular flexibility index (Phi) is 6.37. The molecule has 0 radical (unpaired) electrons. The Balaban J connectivity index is 1.99. The molecule has 2 saturated carbocycles. The minimum Gasteiger partial charge on any atom is -0.478 e. The van der Waals surface area contributed by atoms with Gasteiger partial charge in [0.1, 0.15) is 0 Å². The Bertz CT molecular complexity index is 496. The smallest absolute Gasteiger partial charge is 0.331 e. The molecule has 0 heterocycles. The zero-order valence-electron chi connectivity index (χ0n) is 14.8. The molecule has 130 valence electrons. The van der Waals surface area contributed by atoms with Crippen molar-refractivity contribution in [1.29, 1.82) is 0 Å². The minimum absolute atomic E-state index is 0.0797. The summed E-state index contributed by atoms with van der Waals surface area (Å²) in [6, 6.07) is 0. The molecule has 0 aromatic heterocycles. The van der Waals surface area contributed by atoms with Crippen LogP contribution in [0.15, 0.2) is 21.8 Å². The predicted molar refractivity (Wildman–Crippen MR) is 105 cm³/mol. The summed E-state index contributed by atoms with van der Waals surface area (Å²) in [7, 11) is 0. The summed E-state index contributed by atoms with van der Waals surface area (Å²) in [6.45, 7) is 10.6. The molecule has 0 saturated heterocycles. The van der Waals surface area contributed by atoms with Gasteiger partial charge in [-0.2, -0.15) is 0 Å². The minimum atomic E-state index is -0.845. The molecular weight excluding hydrogens is 399 g/mol. The van der Waals surface area contributed by atoms with Crippen LogP contribution in [-0.2, 0) is 4.79 Å². The van der Waals surface area contributed by atoms with Crippen molar-refractivity contribution in [2.45, 2.75) is 65.7 Å². The van der Waals surface area contributed by atoms with Gasteiger partial charge >= 0.3 is 5.97 Å². The van der Waals surface area contributed by atoms with Crippen molar-refractivity contribution < 1.29 is 9.90 Å². The van der Waals surface area contributed by atoms with Crippen molar-refractivity contribution >= 4 is 28.6 Å². The summed E-state index contributed by atoms with van der Waals surface area (Å²) in [6.07, 6.45) is 8.72. The van der Waals surface area contributed by atoms with E-state index in [1.54, 1.807) is 5.57 Å². The molecule has 5 atom stereocenters. The molecule has 0 aromatic carbocycles. The highest BCUT2D eigenvalue weighted by atomic mass is 127. The molecule has 2 aliphatic carbocycles. The van der Waals surface area contributed by atoms with Gasteiger partial charge in [-0.1, -0.05) is 55.5 Å². The van der Waals surface area contributed by atoms with Crippen LogP contribution < -0.4 is 0 Å². The van der Waals surface area contributed by atoms with Crippen LogP contribution in [0.5, 0.6) is 0 Å². The Morgan fingerprint density at radius 2 is 2.13 bits per heavy atom. The summed E-state index contributed by atoms with van der Waals surface area (Å²) in [4.78, 5) is 11.0. The maximum absolute atomic E-state index is 11.0. The van der Waals surface area contributed by atoms with Crippen molar-refractivity contribution in [2.75, 3.05) is 0 Å². The highest BCUT2D eigenvalue weighted by molar-refractivity contribution is 14.1. The van der Waals surface area contributed by atoms with Crippen LogP contribution in [0.25, 0.3) is 0 Å². The quantitative estimate of drug-likeness (QED) is 0.402. The number of rotatable bonds is 6. The van der Waals surface area contributed by atoms with Gasteiger partial charge in [0.25, 0.3) is 0 Å². The summed E-state index contributed by atoms with van der Waals surface area (Å²) in [5.41, 5.74) is 2.50. The Morgan fingerprint density at radius 1 is 1.43 bits per heavy atom. The highest BCUT2D eigenvalue weighted by Crippen LogP contribution is 2.60. The van der Waals surface area contributed by atoms with Crippen LogP contribution in [0.2, 0.25) is 0 Å². The van der Waals surface area contributed by atoms with Crippen molar-refractivity contribution in [3.63, 3.8) is 0 Å². The van der Waals surface area contributed by atoms with E-state index in [1.807, 2.05) is 6.92 Å². The zero-order chi connectivity index (χ0) is 17.2. The molecule has 0 aromatic rings. The average molecular weight is 430 g/mol. The number of carboxylic acid groups (broad SMARTS) is 1. The summed E-state index contributed by atoms with van der Waals surface area (Å²) in [5.74, 6) is 1.47. The molecule has 0 amide bonds. The lowest BCUT2D eigenvalue weighted by Crippen LogP contribution is -2.36. The van der Waals surface area contributed by atoms with Gasteiger partial charge in [0.05, 0.1) is 0 Å². The predicted octanol–water partition coefficient (Wildman–Crippen LogP) is 6.21. The van der Waals surface area contributed by atoms with Gasteiger partial charge in [-0.3, -0.25) is 0 Å². The molecule has 1 unspecified atom stereocenters. The first kappa shape index (κ1) is 19.0. The molecule has 1 N–H and O–H groups in total. The number of hydrogen-bond donors (Lipinski definition) is 1. The topological polar surface area (TPSA) is 37.3 Å². The lowest BCUT2D eigenvalue weighted by Gasteiger charge is -2.44. The maximum Gasteiger partial charge on any atom is 0.331 e. The summed E-state index contributed by atoms with van der Waals surface area (Å²) >= 11 is 2.43. The van der Waals surface area contributed by atoms with Crippen molar-refractivity contribution in [1.82, 2.24) is 0 Å². The lowest BCUT2D eigenvalue weighted by molar-refractivity contribution is -0.133. The van der Waals surface area contributed by atoms with E-state index in [0.717, 1.165) is 24.7 Å². The second-order valence-electron chi connectivity index (χ2n) is 8.07. The van der Waals surface area contributed by atoms with Gasteiger partial charge in [-0.15, -0.1) is 0 Å². The SMILES string of the molecule is C=C(C(=O)O)[C@@H](C)CC[C@@H](C)[C@H]1CCC2/C(=C/I)CCC[C@@]21C. The zero-order valence-corrected chi connectivity index (χ0v) is 16.9. The molecule has 3 heteroatoms. The summed E-state index contributed by atoms with van der Waals surface area (Å²) in [5, 5.41) is 9.07. The normalized spacial score (nSPS) is 34.9. The second kappa shape index (κ2) is 7.71. The van der Waals surface area contributed by atoms with Crippen LogP contribution in [0.3, 0.4) is 0 Å². The van der Waals surface area contributed by atoms with E-state index in [-0.39, 0.29) is 5.92 Å². The van der Waals surface area contributed by atoms with E-state index < -0.39 is 5.97 Å². The number of aliphatic carboxylic acids is 1. The van der Waals surface area contributed by atoms with Crippen LogP contribution in [0.1, 0.15) is 65.7 Å². The molecule has 0 bridgehead atoms. The fraction of sp³-hybridized carbons (Fsp3) is 0.750. The van der Waals surface area contributed by atoms with E-state index in [4.69, 9.17) is 5.11 Å². The van der Waals surface area contributed by atoms with Gasteiger partial charge in [0.15, 0.2) is 0 Å². The molecule has 0 spiro atoms. The largest absolute Gasteiger partial charge is 0.478 e. The van der Waals surface area contributed by atoms with Gasteiger partial charge in [0, 0.05) is 5.57 Å². The van der Waals surface area contributed by atoms with Crippen molar-refractivity contribution in [3.05, 3.63) is 21.8 Å². The van der Waals surface area contributed by atoms with Gasteiger partial charge < -0.3 is 5.11 Å². The Morgan fingerprint density at radius 3 is 2.74 bits per heavy atom. The Labute approximate surface area is 154 Å². The van der Waals surface area contributed by atoms with Gasteiger partial charge in [0.2, 0.25) is 0 Å². The second-order valence-corrected chi connectivity index (χ2v) is 8.69. The first-order valence-corrected chi connectivity index (χ1v) is 10.3. The first-order chi connectivity index (χ1) is 10.8. The van der Waals surface area contributed by atoms with Gasteiger partial charge in [-0.25, -0.2) is 4.79 Å². The fourth-order valence-electron chi connectivity index (χ4n) is 5.24. The van der Waals surface area contributed by atoms with E-state index in [0.29, 0.717) is 16.9 Å².